The van der Waals surface area contributed by atoms with E-state index in [0.29, 0.717) is 6.04 Å². The molecule has 2 rings (SSSR count). The number of aromatic nitrogens is 3. The van der Waals surface area contributed by atoms with E-state index in [0.717, 1.165) is 18.7 Å². The van der Waals surface area contributed by atoms with Crippen molar-refractivity contribution in [3.8, 4) is 0 Å². The molecule has 1 aliphatic rings. The van der Waals surface area contributed by atoms with Gasteiger partial charge in [-0.1, -0.05) is 13.8 Å². The predicted molar refractivity (Wildman–Crippen MR) is 51.0 cm³/mol. The molecule has 76 valence electrons. The van der Waals surface area contributed by atoms with Crippen molar-refractivity contribution in [1.82, 2.24) is 20.5 Å². The van der Waals surface area contributed by atoms with Crippen molar-refractivity contribution in [2.24, 2.45) is 0 Å². The number of H-pyrrole nitrogens is 1. The summed E-state index contributed by atoms with van der Waals surface area (Å²) in [6.45, 7) is 4.01. The maximum absolute atomic E-state index is 11.5. The second-order valence-electron chi connectivity index (χ2n) is 3.95. The zero-order chi connectivity index (χ0) is 10.1. The Bertz CT molecular complexity index is 340. The molecule has 1 aromatic heterocycles. The van der Waals surface area contributed by atoms with Crippen LogP contribution in [-0.2, 0) is 0 Å². The van der Waals surface area contributed by atoms with Crippen LogP contribution in [-0.4, -0.2) is 27.1 Å². The molecule has 1 fully saturated rings. The molecule has 14 heavy (non-hydrogen) atoms. The number of carbonyl (C=O) groups excluding carboxylic acids is 1. The predicted octanol–water partition coefficient (Wildman–Crippen LogP) is 0.820. The number of carbonyl (C=O) groups is 1. The lowest BCUT2D eigenvalue weighted by Gasteiger charge is -1.97. The summed E-state index contributed by atoms with van der Waals surface area (Å²) in [5.74, 6) is 1.10. The van der Waals surface area contributed by atoms with E-state index in [2.05, 4.69) is 20.5 Å². The fraction of sp³-hybridized carbons (Fsp3) is 0.667. The third-order valence-electron chi connectivity index (χ3n) is 2.17. The second kappa shape index (κ2) is 3.40. The highest BCUT2D eigenvalue weighted by molar-refractivity contribution is 5.90. The van der Waals surface area contributed by atoms with Gasteiger partial charge in [-0.05, 0) is 12.8 Å². The molecule has 1 heterocycles. The van der Waals surface area contributed by atoms with Gasteiger partial charge in [0.2, 0.25) is 5.82 Å². The number of aromatic amines is 1. The minimum atomic E-state index is -0.171. The Morgan fingerprint density at radius 3 is 2.79 bits per heavy atom. The Labute approximate surface area is 82.3 Å². The third kappa shape index (κ3) is 1.92. The summed E-state index contributed by atoms with van der Waals surface area (Å²) >= 11 is 0. The molecular weight excluding hydrogens is 180 g/mol. The molecular formula is C9H14N4O. The Hall–Kier alpha value is -1.39. The van der Waals surface area contributed by atoms with Gasteiger partial charge in [-0.3, -0.25) is 9.89 Å². The zero-order valence-corrected chi connectivity index (χ0v) is 8.37. The molecule has 0 atom stereocenters. The van der Waals surface area contributed by atoms with E-state index >= 15 is 0 Å². The first-order valence-corrected chi connectivity index (χ1v) is 4.90. The minimum Gasteiger partial charge on any atom is -0.347 e. The first-order valence-electron chi connectivity index (χ1n) is 4.90. The van der Waals surface area contributed by atoms with E-state index in [-0.39, 0.29) is 17.6 Å². The molecule has 1 aromatic rings. The lowest BCUT2D eigenvalue weighted by Crippen LogP contribution is -2.26. The molecule has 1 saturated carbocycles. The Balaban J connectivity index is 2.03. The number of rotatable bonds is 3. The fourth-order valence-electron chi connectivity index (χ4n) is 1.11. The quantitative estimate of drug-likeness (QED) is 0.748. The zero-order valence-electron chi connectivity index (χ0n) is 8.37. The summed E-state index contributed by atoms with van der Waals surface area (Å²) in [5, 5.41) is 9.47. The molecule has 5 heteroatoms. The molecule has 5 nitrogen and oxygen atoms in total. The first-order chi connectivity index (χ1) is 6.66. The van der Waals surface area contributed by atoms with E-state index in [9.17, 15) is 4.79 Å². The van der Waals surface area contributed by atoms with Gasteiger partial charge in [0.1, 0.15) is 5.82 Å². The van der Waals surface area contributed by atoms with Gasteiger partial charge < -0.3 is 5.32 Å². The van der Waals surface area contributed by atoms with Crippen molar-refractivity contribution in [2.45, 2.75) is 38.6 Å². The molecule has 0 radical (unpaired) electrons. The van der Waals surface area contributed by atoms with Gasteiger partial charge in [0.15, 0.2) is 0 Å². The molecule has 0 aliphatic heterocycles. The van der Waals surface area contributed by atoms with Crippen LogP contribution in [0.3, 0.4) is 0 Å². The highest BCUT2D eigenvalue weighted by Gasteiger charge is 2.25. The van der Waals surface area contributed by atoms with Crippen LogP contribution < -0.4 is 5.32 Å². The van der Waals surface area contributed by atoms with Crippen molar-refractivity contribution in [3.63, 3.8) is 0 Å². The summed E-state index contributed by atoms with van der Waals surface area (Å²) in [4.78, 5) is 15.6. The fourth-order valence-corrected chi connectivity index (χ4v) is 1.11. The van der Waals surface area contributed by atoms with Crippen molar-refractivity contribution in [1.29, 1.82) is 0 Å². The van der Waals surface area contributed by atoms with E-state index in [1.165, 1.54) is 0 Å². The van der Waals surface area contributed by atoms with Crippen LogP contribution in [0.2, 0.25) is 0 Å². The largest absolute Gasteiger partial charge is 0.347 e. The van der Waals surface area contributed by atoms with Gasteiger partial charge in [-0.2, -0.15) is 0 Å². The van der Waals surface area contributed by atoms with Crippen molar-refractivity contribution in [3.05, 3.63) is 11.6 Å². The van der Waals surface area contributed by atoms with E-state index in [4.69, 9.17) is 0 Å². The number of amides is 1. The van der Waals surface area contributed by atoms with Crippen molar-refractivity contribution < 1.29 is 4.79 Å². The first kappa shape index (κ1) is 9.18. The van der Waals surface area contributed by atoms with Crippen LogP contribution in [0.25, 0.3) is 0 Å². The highest BCUT2D eigenvalue weighted by atomic mass is 16.2. The lowest BCUT2D eigenvalue weighted by molar-refractivity contribution is 0.0941. The van der Waals surface area contributed by atoms with Crippen LogP contribution >= 0.6 is 0 Å². The molecule has 0 aromatic carbocycles. The number of nitrogens with zero attached hydrogens (tertiary/aromatic N) is 2. The number of hydrogen-bond acceptors (Lipinski definition) is 3. The standard InChI is InChI=1S/C9H14N4O/c1-5(2)7-11-8(13-12-7)9(14)10-6-3-4-6/h5-6H,3-4H2,1-2H3,(H,10,14)(H,11,12,13). The maximum atomic E-state index is 11.5. The molecule has 0 spiro atoms. The number of hydrogen-bond donors (Lipinski definition) is 2. The average Bonchev–Trinajstić information content (AvgIpc) is 2.81. The Kier molecular flexibility index (Phi) is 2.23. The summed E-state index contributed by atoms with van der Waals surface area (Å²) in [6.07, 6.45) is 2.15. The summed E-state index contributed by atoms with van der Waals surface area (Å²) in [7, 11) is 0. The van der Waals surface area contributed by atoms with Crippen molar-refractivity contribution in [2.75, 3.05) is 0 Å². The van der Waals surface area contributed by atoms with E-state index < -0.39 is 0 Å². The second-order valence-corrected chi connectivity index (χ2v) is 3.95. The van der Waals surface area contributed by atoms with Crippen LogP contribution in [0.4, 0.5) is 0 Å². The monoisotopic (exact) mass is 194 g/mol. The van der Waals surface area contributed by atoms with Gasteiger partial charge in [0.05, 0.1) is 0 Å². The minimum absolute atomic E-state index is 0.171. The summed E-state index contributed by atoms with van der Waals surface area (Å²) in [6, 6.07) is 0.350. The van der Waals surface area contributed by atoms with E-state index in [1.807, 2.05) is 13.8 Å². The van der Waals surface area contributed by atoms with Gasteiger partial charge in [0, 0.05) is 12.0 Å². The lowest BCUT2D eigenvalue weighted by atomic mass is 10.2. The van der Waals surface area contributed by atoms with Crippen LogP contribution in [0, 0.1) is 0 Å². The topological polar surface area (TPSA) is 70.7 Å². The Morgan fingerprint density at radius 1 is 1.57 bits per heavy atom. The Morgan fingerprint density at radius 2 is 2.29 bits per heavy atom. The summed E-state index contributed by atoms with van der Waals surface area (Å²) in [5.41, 5.74) is 0. The van der Waals surface area contributed by atoms with Gasteiger partial charge in [-0.25, -0.2) is 4.98 Å². The van der Waals surface area contributed by atoms with E-state index in [1.54, 1.807) is 0 Å². The van der Waals surface area contributed by atoms with Gasteiger partial charge in [-0.15, -0.1) is 5.10 Å². The SMILES string of the molecule is CC(C)c1nc(C(=O)NC2CC2)n[nH]1. The molecule has 2 N–H and O–H groups in total. The van der Waals surface area contributed by atoms with Crippen molar-refractivity contribution >= 4 is 5.91 Å². The smallest absolute Gasteiger partial charge is 0.291 e. The molecule has 0 saturated heterocycles. The highest BCUT2D eigenvalue weighted by Crippen LogP contribution is 2.19. The normalized spacial score (nSPS) is 15.9. The number of nitrogens with one attached hydrogen (secondary N) is 2. The third-order valence-corrected chi connectivity index (χ3v) is 2.17. The van der Waals surface area contributed by atoms with Gasteiger partial charge in [0.25, 0.3) is 5.91 Å². The van der Waals surface area contributed by atoms with Crippen LogP contribution in [0.5, 0.6) is 0 Å². The average molecular weight is 194 g/mol. The summed E-state index contributed by atoms with van der Waals surface area (Å²) < 4.78 is 0. The molecule has 1 aliphatic carbocycles. The maximum Gasteiger partial charge on any atom is 0.291 e. The molecule has 0 unspecified atom stereocenters. The molecule has 1 amide bonds. The van der Waals surface area contributed by atoms with Gasteiger partial charge >= 0.3 is 0 Å². The molecule has 0 bridgehead atoms. The van der Waals surface area contributed by atoms with Crippen LogP contribution in [0.1, 0.15) is 49.1 Å². The van der Waals surface area contributed by atoms with Crippen LogP contribution in [0.15, 0.2) is 0 Å².